The molecule has 29 heavy (non-hydrogen) atoms. The van der Waals surface area contributed by atoms with Gasteiger partial charge in [0.05, 0.1) is 12.2 Å². The third-order valence-electron chi connectivity index (χ3n) is 5.70. The Balaban J connectivity index is 1.51. The second-order valence-corrected chi connectivity index (χ2v) is 7.44. The number of nitrogens with one attached hydrogen (secondary N) is 1. The van der Waals surface area contributed by atoms with E-state index < -0.39 is 0 Å². The zero-order chi connectivity index (χ0) is 20.0. The van der Waals surface area contributed by atoms with E-state index in [-0.39, 0.29) is 18.9 Å². The van der Waals surface area contributed by atoms with Crippen molar-refractivity contribution in [2.24, 2.45) is 0 Å². The number of hydrogen-bond acceptors (Lipinski definition) is 7. The van der Waals surface area contributed by atoms with Crippen molar-refractivity contribution >= 4 is 29.2 Å². The molecule has 0 unspecified atom stereocenters. The molecule has 2 aliphatic heterocycles. The molecule has 0 atom stereocenters. The van der Waals surface area contributed by atoms with Crippen LogP contribution in [0, 0.1) is 0 Å². The Bertz CT molecular complexity index is 946. The van der Waals surface area contributed by atoms with Gasteiger partial charge >= 0.3 is 6.03 Å². The van der Waals surface area contributed by atoms with E-state index in [0.29, 0.717) is 18.2 Å². The summed E-state index contributed by atoms with van der Waals surface area (Å²) >= 11 is 0. The molecule has 9 nitrogen and oxygen atoms in total. The summed E-state index contributed by atoms with van der Waals surface area (Å²) in [4.78, 5) is 23.8. The van der Waals surface area contributed by atoms with Crippen LogP contribution in [-0.4, -0.2) is 47.4 Å². The first kappa shape index (κ1) is 17.8. The number of carbonyl (C=O) groups excluding carboxylic acids is 1. The molecule has 0 saturated heterocycles. The van der Waals surface area contributed by atoms with Gasteiger partial charge in [0.25, 0.3) is 0 Å². The number of anilines is 4. The summed E-state index contributed by atoms with van der Waals surface area (Å²) in [7, 11) is 1.77. The van der Waals surface area contributed by atoms with Gasteiger partial charge in [-0.05, 0) is 31.9 Å². The van der Waals surface area contributed by atoms with E-state index in [1.54, 1.807) is 23.2 Å². The molecule has 3 aliphatic rings. The number of aromatic nitrogens is 2. The van der Waals surface area contributed by atoms with Gasteiger partial charge in [-0.2, -0.15) is 4.98 Å². The smallest absolute Gasteiger partial charge is 0.343 e. The molecule has 9 heteroatoms. The monoisotopic (exact) mass is 396 g/mol. The molecule has 1 aromatic heterocycles. The van der Waals surface area contributed by atoms with Gasteiger partial charge in [-0.25, -0.2) is 14.8 Å². The first-order chi connectivity index (χ1) is 14.2. The van der Waals surface area contributed by atoms with Gasteiger partial charge in [-0.15, -0.1) is 0 Å². The molecule has 152 valence electrons. The van der Waals surface area contributed by atoms with E-state index in [2.05, 4.69) is 15.3 Å². The van der Waals surface area contributed by atoms with E-state index >= 15 is 0 Å². The molecule has 1 fully saturated rings. The van der Waals surface area contributed by atoms with Gasteiger partial charge < -0.3 is 14.8 Å². The number of benzene rings is 1. The number of urea groups is 1. The average Bonchev–Trinajstić information content (AvgIpc) is 3.42. The highest BCUT2D eigenvalue weighted by molar-refractivity contribution is 5.98. The highest BCUT2D eigenvalue weighted by Crippen LogP contribution is 2.39. The van der Waals surface area contributed by atoms with Crippen LogP contribution in [-0.2, 0) is 0 Å². The molecular formula is C20H24N6O3. The molecule has 1 aliphatic carbocycles. The van der Waals surface area contributed by atoms with Crippen molar-refractivity contribution in [3.8, 4) is 11.5 Å². The lowest BCUT2D eigenvalue weighted by atomic mass is 10.2. The highest BCUT2D eigenvalue weighted by atomic mass is 16.7. The van der Waals surface area contributed by atoms with E-state index in [9.17, 15) is 4.79 Å². The van der Waals surface area contributed by atoms with Gasteiger partial charge in [-0.3, -0.25) is 9.91 Å². The van der Waals surface area contributed by atoms with Crippen molar-refractivity contribution in [1.82, 2.24) is 15.0 Å². The van der Waals surface area contributed by atoms with Crippen molar-refractivity contribution in [2.45, 2.75) is 38.6 Å². The number of hydrogen-bond donors (Lipinski definition) is 1. The van der Waals surface area contributed by atoms with Crippen molar-refractivity contribution in [3.05, 3.63) is 24.4 Å². The minimum Gasteiger partial charge on any atom is -0.454 e. The number of amides is 2. The van der Waals surface area contributed by atoms with Crippen LogP contribution in [0.5, 0.6) is 11.5 Å². The molecule has 0 radical (unpaired) electrons. The Morgan fingerprint density at radius 2 is 2.00 bits per heavy atom. The standard InChI is InChI=1S/C20H24N6O3/c1-3-25-20(27)24(2)15-11-21-19(23-18(15)26(25)14-6-4-5-7-14)22-13-8-9-16-17(10-13)29-12-28-16/h8-11,14H,3-7,12H2,1-2H3,(H,21,22,23). The molecule has 0 spiro atoms. The predicted molar refractivity (Wildman–Crippen MR) is 109 cm³/mol. The normalized spacial score (nSPS) is 18.4. The van der Waals surface area contributed by atoms with Gasteiger partial charge in [0, 0.05) is 25.3 Å². The average molecular weight is 396 g/mol. The molecule has 1 N–H and O–H groups in total. The fourth-order valence-electron chi connectivity index (χ4n) is 4.22. The second kappa shape index (κ2) is 6.98. The maximum atomic E-state index is 12.9. The molecule has 0 bridgehead atoms. The molecule has 1 aromatic carbocycles. The molecular weight excluding hydrogens is 372 g/mol. The number of hydrazine groups is 1. The minimum absolute atomic E-state index is 0.0491. The number of rotatable bonds is 4. The van der Waals surface area contributed by atoms with Crippen molar-refractivity contribution in [2.75, 3.05) is 35.6 Å². The third-order valence-corrected chi connectivity index (χ3v) is 5.70. The van der Waals surface area contributed by atoms with E-state index in [4.69, 9.17) is 14.5 Å². The van der Waals surface area contributed by atoms with E-state index in [1.807, 2.05) is 25.1 Å². The summed E-state index contributed by atoms with van der Waals surface area (Å²) in [6.07, 6.45) is 6.17. The van der Waals surface area contributed by atoms with Crippen LogP contribution in [0.25, 0.3) is 0 Å². The number of fused-ring (bicyclic) bond motifs is 2. The largest absolute Gasteiger partial charge is 0.454 e. The van der Waals surface area contributed by atoms with Gasteiger partial charge in [0.2, 0.25) is 12.7 Å². The van der Waals surface area contributed by atoms with Crippen LogP contribution >= 0.6 is 0 Å². The summed E-state index contributed by atoms with van der Waals surface area (Å²) < 4.78 is 10.8. The quantitative estimate of drug-likeness (QED) is 0.847. The SMILES string of the molecule is CCN1C(=O)N(C)c2cnc(Nc3ccc4c(c3)OCO4)nc2N1C1CCCC1. The lowest BCUT2D eigenvalue weighted by molar-refractivity contribution is 0.174. The Labute approximate surface area is 169 Å². The zero-order valence-electron chi connectivity index (χ0n) is 16.6. The molecule has 1 saturated carbocycles. The minimum atomic E-state index is -0.0491. The van der Waals surface area contributed by atoms with E-state index in [0.717, 1.165) is 35.8 Å². The van der Waals surface area contributed by atoms with Crippen molar-refractivity contribution in [3.63, 3.8) is 0 Å². The third kappa shape index (κ3) is 2.97. The molecule has 2 aromatic rings. The van der Waals surface area contributed by atoms with Crippen LogP contribution in [0.2, 0.25) is 0 Å². The fourth-order valence-corrected chi connectivity index (χ4v) is 4.22. The first-order valence-electron chi connectivity index (χ1n) is 10.0. The Morgan fingerprint density at radius 1 is 1.21 bits per heavy atom. The van der Waals surface area contributed by atoms with Gasteiger partial charge in [-0.1, -0.05) is 12.8 Å². The van der Waals surface area contributed by atoms with Crippen LogP contribution in [0.3, 0.4) is 0 Å². The molecule has 2 amide bonds. The second-order valence-electron chi connectivity index (χ2n) is 7.44. The van der Waals surface area contributed by atoms with Crippen LogP contribution in [0.1, 0.15) is 32.6 Å². The fraction of sp³-hybridized carbons (Fsp3) is 0.450. The summed E-state index contributed by atoms with van der Waals surface area (Å²) in [5.41, 5.74) is 1.54. The van der Waals surface area contributed by atoms with Crippen LogP contribution in [0.4, 0.5) is 27.9 Å². The molecule has 5 rings (SSSR count). The Kier molecular flexibility index (Phi) is 4.30. The zero-order valence-corrected chi connectivity index (χ0v) is 16.6. The lowest BCUT2D eigenvalue weighted by Gasteiger charge is -2.45. The lowest BCUT2D eigenvalue weighted by Crippen LogP contribution is -2.59. The Morgan fingerprint density at radius 3 is 2.79 bits per heavy atom. The predicted octanol–water partition coefficient (Wildman–Crippen LogP) is 3.50. The first-order valence-corrected chi connectivity index (χ1v) is 10.0. The van der Waals surface area contributed by atoms with Crippen LogP contribution < -0.4 is 24.7 Å². The number of ether oxygens (including phenoxy) is 2. The summed E-state index contributed by atoms with van der Waals surface area (Å²) in [6, 6.07) is 5.86. The van der Waals surface area contributed by atoms with Crippen molar-refractivity contribution in [1.29, 1.82) is 0 Å². The number of carbonyl (C=O) groups is 1. The van der Waals surface area contributed by atoms with Gasteiger partial charge in [0.1, 0.15) is 5.69 Å². The summed E-state index contributed by atoms with van der Waals surface area (Å²) in [6.45, 7) is 2.82. The maximum absolute atomic E-state index is 12.9. The molecule has 3 heterocycles. The van der Waals surface area contributed by atoms with Gasteiger partial charge in [0.15, 0.2) is 17.3 Å². The van der Waals surface area contributed by atoms with Crippen molar-refractivity contribution < 1.29 is 14.3 Å². The maximum Gasteiger partial charge on any atom is 0.343 e. The van der Waals surface area contributed by atoms with E-state index in [1.165, 1.54) is 12.8 Å². The summed E-state index contributed by atoms with van der Waals surface area (Å²) in [5.74, 6) is 2.67. The highest BCUT2D eigenvalue weighted by Gasteiger charge is 2.39. The number of nitrogens with zero attached hydrogens (tertiary/aromatic N) is 5. The topological polar surface area (TPSA) is 83.1 Å². The summed E-state index contributed by atoms with van der Waals surface area (Å²) in [5, 5.41) is 7.12. The Hall–Kier alpha value is -3.23. The van der Waals surface area contributed by atoms with Crippen LogP contribution in [0.15, 0.2) is 24.4 Å².